The zero-order chi connectivity index (χ0) is 12.2. The summed E-state index contributed by atoms with van der Waals surface area (Å²) in [6, 6.07) is 0. The maximum absolute atomic E-state index is 9.92. The van der Waals surface area contributed by atoms with Gasteiger partial charge in [-0.05, 0) is 0 Å². The summed E-state index contributed by atoms with van der Waals surface area (Å²) in [4.78, 5) is 33.1. The van der Waals surface area contributed by atoms with Gasteiger partial charge in [0.2, 0.25) is 0 Å². The minimum atomic E-state index is -3.05. The number of ether oxygens (including phenoxy) is 1. The molecule has 0 radical (unpaired) electrons. The molecular weight excluding hydrogens is 224 g/mol. The molecule has 0 heterocycles. The van der Waals surface area contributed by atoms with Crippen LogP contribution < -0.4 is 0 Å². The number of nitrogens with zero attached hydrogens (tertiary/aromatic N) is 4. The highest BCUT2D eigenvalue weighted by atomic mass is 16.8. The molecule has 0 atom stereocenters. The fourth-order valence-corrected chi connectivity index (χ4v) is 0.462. The molecule has 0 bridgehead atoms. The van der Waals surface area contributed by atoms with Gasteiger partial charge in [0.15, 0.2) is 0 Å². The fourth-order valence-electron chi connectivity index (χ4n) is 0.462. The molecular formula is C2H2N4O9. The van der Waals surface area contributed by atoms with E-state index in [2.05, 4.69) is 4.74 Å². The second-order valence-electron chi connectivity index (χ2n) is 1.93. The van der Waals surface area contributed by atoms with Crippen molar-refractivity contribution in [3.05, 3.63) is 40.5 Å². The number of rotatable bonds is 6. The highest BCUT2D eigenvalue weighted by Crippen LogP contribution is 2.02. The minimum absolute atomic E-state index is 1.64. The molecule has 0 unspecified atom stereocenters. The van der Waals surface area contributed by atoms with Gasteiger partial charge in [-0.25, -0.2) is 0 Å². The van der Waals surface area contributed by atoms with Gasteiger partial charge in [-0.2, -0.15) is 0 Å². The van der Waals surface area contributed by atoms with Crippen molar-refractivity contribution in [2.75, 3.05) is 0 Å². The van der Waals surface area contributed by atoms with Crippen LogP contribution in [0.15, 0.2) is 0 Å². The first-order chi connectivity index (χ1) is 6.77. The first-order valence-electron chi connectivity index (χ1n) is 2.96. The Morgan fingerprint density at radius 1 is 0.667 bits per heavy atom. The van der Waals surface area contributed by atoms with Crippen LogP contribution in [0.5, 0.6) is 0 Å². The number of hydrogen-bond acceptors (Lipinski definition) is 9. The molecule has 0 aliphatic carbocycles. The van der Waals surface area contributed by atoms with Crippen molar-refractivity contribution in [1.29, 1.82) is 0 Å². The third-order valence-corrected chi connectivity index (χ3v) is 0.965. The average molecular weight is 226 g/mol. The normalized spacial score (nSPS) is 10.3. The molecule has 0 aliphatic rings. The SMILES string of the molecule is O=[N+]([O-])C(OC([N+](=O)[O-])[N+](=O)[O-])[N+](=O)[O-]. The molecule has 0 aromatic heterocycles. The quantitative estimate of drug-likeness (QED) is 0.301. The monoisotopic (exact) mass is 226 g/mol. The molecule has 0 spiro atoms. The van der Waals surface area contributed by atoms with Crippen molar-refractivity contribution < 1.29 is 24.4 Å². The Morgan fingerprint density at radius 3 is 1.00 bits per heavy atom. The molecule has 0 aromatic carbocycles. The Morgan fingerprint density at radius 2 is 0.867 bits per heavy atom. The highest BCUT2D eigenvalue weighted by molar-refractivity contribution is 4.25. The van der Waals surface area contributed by atoms with E-state index in [0.717, 1.165) is 0 Å². The van der Waals surface area contributed by atoms with E-state index in [9.17, 15) is 40.5 Å². The zero-order valence-corrected chi connectivity index (χ0v) is 6.62. The second-order valence-corrected chi connectivity index (χ2v) is 1.93. The summed E-state index contributed by atoms with van der Waals surface area (Å²) in [5.41, 5.74) is 0. The Hall–Kier alpha value is -2.44. The maximum Gasteiger partial charge on any atom is 0.580 e. The molecule has 0 saturated heterocycles. The van der Waals surface area contributed by atoms with Crippen molar-refractivity contribution >= 4 is 0 Å². The van der Waals surface area contributed by atoms with Crippen LogP contribution in [0.3, 0.4) is 0 Å². The summed E-state index contributed by atoms with van der Waals surface area (Å²) in [6.45, 7) is 0. The van der Waals surface area contributed by atoms with Crippen LogP contribution in [-0.4, -0.2) is 32.4 Å². The van der Waals surface area contributed by atoms with Crippen LogP contribution in [0, 0.1) is 40.5 Å². The van der Waals surface area contributed by atoms with E-state index in [0.29, 0.717) is 0 Å². The van der Waals surface area contributed by atoms with Gasteiger partial charge in [0.25, 0.3) is 0 Å². The zero-order valence-electron chi connectivity index (χ0n) is 6.62. The predicted molar refractivity (Wildman–Crippen MR) is 36.6 cm³/mol. The van der Waals surface area contributed by atoms with E-state index >= 15 is 0 Å². The number of hydrogen-bond donors (Lipinski definition) is 0. The van der Waals surface area contributed by atoms with Gasteiger partial charge < -0.3 is 0 Å². The van der Waals surface area contributed by atoms with Gasteiger partial charge in [0, 0.05) is 0 Å². The first kappa shape index (κ1) is 12.6. The lowest BCUT2D eigenvalue weighted by atomic mass is 10.9. The first-order valence-corrected chi connectivity index (χ1v) is 2.96. The minimum Gasteiger partial charge on any atom is -0.256 e. The summed E-state index contributed by atoms with van der Waals surface area (Å²) >= 11 is 0. The lowest BCUT2D eigenvalue weighted by molar-refractivity contribution is -0.868. The second kappa shape index (κ2) is 4.70. The summed E-state index contributed by atoms with van der Waals surface area (Å²) in [7, 11) is 0. The van der Waals surface area contributed by atoms with E-state index in [-0.39, 0.29) is 0 Å². The van der Waals surface area contributed by atoms with Crippen LogP contribution in [0.25, 0.3) is 0 Å². The fraction of sp³-hybridized carbons (Fsp3) is 1.00. The molecule has 0 aromatic rings. The van der Waals surface area contributed by atoms with Gasteiger partial charge in [0.1, 0.15) is 19.7 Å². The molecule has 13 heteroatoms. The summed E-state index contributed by atoms with van der Waals surface area (Å²) in [5, 5.41) is 39.7. The highest BCUT2D eigenvalue weighted by Gasteiger charge is 2.48. The number of nitro groups is 4. The van der Waals surface area contributed by atoms with Gasteiger partial charge in [-0.15, -0.1) is 4.74 Å². The Labute approximate surface area is 78.8 Å². The molecule has 0 rings (SSSR count). The Bertz CT molecular complexity index is 253. The van der Waals surface area contributed by atoms with E-state index < -0.39 is 32.4 Å². The van der Waals surface area contributed by atoms with E-state index in [1.807, 2.05) is 0 Å². The average Bonchev–Trinajstić information content (AvgIpc) is 2.01. The van der Waals surface area contributed by atoms with E-state index in [1.54, 1.807) is 0 Å². The summed E-state index contributed by atoms with van der Waals surface area (Å²) in [5.74, 6) is 0. The largest absolute Gasteiger partial charge is 0.580 e. The van der Waals surface area contributed by atoms with Crippen molar-refractivity contribution in [1.82, 2.24) is 0 Å². The van der Waals surface area contributed by atoms with Crippen LogP contribution in [-0.2, 0) is 4.74 Å². The molecule has 0 fully saturated rings. The van der Waals surface area contributed by atoms with Crippen LogP contribution >= 0.6 is 0 Å². The Kier molecular flexibility index (Phi) is 3.94. The van der Waals surface area contributed by atoms with Gasteiger partial charge in [-0.1, -0.05) is 0 Å². The molecule has 0 aliphatic heterocycles. The van der Waals surface area contributed by atoms with E-state index in [4.69, 9.17) is 0 Å². The van der Waals surface area contributed by atoms with Crippen molar-refractivity contribution in [2.45, 2.75) is 12.7 Å². The lowest BCUT2D eigenvalue weighted by Crippen LogP contribution is -2.42. The molecule has 15 heavy (non-hydrogen) atoms. The van der Waals surface area contributed by atoms with Crippen molar-refractivity contribution in [3.8, 4) is 0 Å². The smallest absolute Gasteiger partial charge is 0.256 e. The van der Waals surface area contributed by atoms with Crippen LogP contribution in [0.4, 0.5) is 0 Å². The van der Waals surface area contributed by atoms with Gasteiger partial charge >= 0.3 is 12.7 Å². The lowest BCUT2D eigenvalue weighted by Gasteiger charge is -2.02. The molecule has 0 saturated carbocycles. The third-order valence-electron chi connectivity index (χ3n) is 0.965. The van der Waals surface area contributed by atoms with Gasteiger partial charge in [-0.3, -0.25) is 40.5 Å². The standard InChI is InChI=1S/C2H2N4O9/c7-3(8)1(4(9)10)15-2(5(11)12)6(13)14/h1-2H. The third kappa shape index (κ3) is 3.43. The molecule has 84 valence electrons. The van der Waals surface area contributed by atoms with E-state index in [1.165, 1.54) is 0 Å². The molecule has 0 N–H and O–H groups in total. The topological polar surface area (TPSA) is 182 Å². The van der Waals surface area contributed by atoms with Crippen molar-refractivity contribution in [2.24, 2.45) is 0 Å². The predicted octanol–water partition coefficient (Wildman–Crippen LogP) is -1.32. The molecule has 0 amide bonds. The Balaban J connectivity index is 4.77. The maximum atomic E-state index is 9.92. The summed E-state index contributed by atoms with van der Waals surface area (Å²) in [6.07, 6.45) is -6.10. The van der Waals surface area contributed by atoms with Crippen LogP contribution in [0.1, 0.15) is 0 Å². The van der Waals surface area contributed by atoms with Crippen molar-refractivity contribution in [3.63, 3.8) is 0 Å². The summed E-state index contributed by atoms with van der Waals surface area (Å²) < 4.78 is 3.50. The van der Waals surface area contributed by atoms with Crippen LogP contribution in [0.2, 0.25) is 0 Å². The molecule has 13 nitrogen and oxygen atoms in total. The van der Waals surface area contributed by atoms with Gasteiger partial charge in [0.05, 0.1) is 0 Å².